The van der Waals surface area contributed by atoms with Crippen LogP contribution in [0.2, 0.25) is 0 Å². The van der Waals surface area contributed by atoms with Gasteiger partial charge in [0.25, 0.3) is 0 Å². The van der Waals surface area contributed by atoms with Crippen LogP contribution in [0.5, 0.6) is 0 Å². The van der Waals surface area contributed by atoms with Crippen molar-refractivity contribution < 1.29 is 19.4 Å². The average molecular weight is 244 g/mol. The van der Waals surface area contributed by atoms with Crippen molar-refractivity contribution in [2.75, 3.05) is 40.4 Å². The van der Waals surface area contributed by atoms with Gasteiger partial charge in [-0.05, 0) is 6.54 Å². The zero-order valence-electron chi connectivity index (χ0n) is 10.5. The van der Waals surface area contributed by atoms with Crippen LogP contribution in [0.25, 0.3) is 0 Å². The van der Waals surface area contributed by atoms with Crippen LogP contribution < -0.4 is 0 Å². The van der Waals surface area contributed by atoms with Gasteiger partial charge in [0.1, 0.15) is 0 Å². The predicted octanol–water partition coefficient (Wildman–Crippen LogP) is -0.504. The molecule has 17 heavy (non-hydrogen) atoms. The van der Waals surface area contributed by atoms with Gasteiger partial charge in [-0.2, -0.15) is 0 Å². The van der Waals surface area contributed by atoms with E-state index in [0.717, 1.165) is 0 Å². The van der Waals surface area contributed by atoms with E-state index in [0.29, 0.717) is 13.2 Å². The molecule has 98 valence electrons. The van der Waals surface area contributed by atoms with Crippen LogP contribution in [0.3, 0.4) is 0 Å². The van der Waals surface area contributed by atoms with Crippen LogP contribution in [0.15, 0.2) is 0 Å². The maximum Gasteiger partial charge on any atom is 0.310 e. The van der Waals surface area contributed by atoms with Crippen LogP contribution >= 0.6 is 0 Å². The smallest absolute Gasteiger partial charge is 0.310 e. The maximum atomic E-state index is 11.6. The topological polar surface area (TPSA) is 70.1 Å². The molecule has 1 aliphatic heterocycles. The second kappa shape index (κ2) is 5.97. The van der Waals surface area contributed by atoms with E-state index in [2.05, 4.69) is 0 Å². The number of carbonyl (C=O) groups is 2. The molecule has 0 aliphatic carbocycles. The maximum absolute atomic E-state index is 11.6. The third-order valence-corrected chi connectivity index (χ3v) is 3.08. The summed E-state index contributed by atoms with van der Waals surface area (Å²) in [5.74, 6) is -1.42. The highest BCUT2D eigenvalue weighted by atomic mass is 16.5. The molecule has 6 nitrogen and oxygen atoms in total. The van der Waals surface area contributed by atoms with Crippen molar-refractivity contribution in [3.05, 3.63) is 0 Å². The molecule has 0 spiro atoms. The van der Waals surface area contributed by atoms with Crippen molar-refractivity contribution in [2.24, 2.45) is 5.92 Å². The largest absolute Gasteiger partial charge is 0.481 e. The molecule has 1 saturated heterocycles. The number of aliphatic carboxylic acids is 1. The number of amides is 1. The molecule has 0 saturated carbocycles. The summed E-state index contributed by atoms with van der Waals surface area (Å²) in [6.07, 6.45) is 0. The van der Waals surface area contributed by atoms with Gasteiger partial charge in [-0.25, -0.2) is 0 Å². The molecular formula is C11H20N2O4. The second-order valence-corrected chi connectivity index (χ2v) is 4.40. The minimum absolute atomic E-state index is 0.0251. The van der Waals surface area contributed by atoms with E-state index in [1.165, 1.54) is 4.90 Å². The number of carboxylic acid groups (broad SMARTS) is 1. The molecule has 0 radical (unpaired) electrons. The fourth-order valence-corrected chi connectivity index (χ4v) is 1.92. The van der Waals surface area contributed by atoms with Crippen LogP contribution in [0.1, 0.15) is 6.92 Å². The zero-order valence-corrected chi connectivity index (χ0v) is 10.5. The molecule has 2 unspecified atom stereocenters. The average Bonchev–Trinajstić information content (AvgIpc) is 2.73. The molecular weight excluding hydrogens is 224 g/mol. The van der Waals surface area contributed by atoms with Gasteiger partial charge in [0.05, 0.1) is 25.7 Å². The minimum Gasteiger partial charge on any atom is -0.481 e. The summed E-state index contributed by atoms with van der Waals surface area (Å²) in [6.45, 7) is 3.40. The molecule has 2 atom stereocenters. The third kappa shape index (κ3) is 3.41. The van der Waals surface area contributed by atoms with E-state index < -0.39 is 11.9 Å². The molecule has 0 aromatic heterocycles. The Hall–Kier alpha value is -1.14. The van der Waals surface area contributed by atoms with Crippen molar-refractivity contribution in [3.8, 4) is 0 Å². The number of carboxylic acids is 1. The normalized spacial score (nSPS) is 24.0. The van der Waals surface area contributed by atoms with E-state index in [-0.39, 0.29) is 25.1 Å². The van der Waals surface area contributed by atoms with Crippen LogP contribution in [0, 0.1) is 5.92 Å². The van der Waals surface area contributed by atoms with Gasteiger partial charge in [-0.3, -0.25) is 14.5 Å². The molecule has 1 aliphatic rings. The van der Waals surface area contributed by atoms with E-state index >= 15 is 0 Å². The van der Waals surface area contributed by atoms with Crippen LogP contribution in [-0.4, -0.2) is 73.2 Å². The lowest BCUT2D eigenvalue weighted by Crippen LogP contribution is -2.47. The molecule has 1 rings (SSSR count). The highest BCUT2D eigenvalue weighted by Crippen LogP contribution is 2.19. The first-order valence-corrected chi connectivity index (χ1v) is 5.72. The minimum atomic E-state index is -0.858. The lowest BCUT2D eigenvalue weighted by Gasteiger charge is -2.29. The Morgan fingerprint density at radius 2 is 2.00 bits per heavy atom. The van der Waals surface area contributed by atoms with Crippen molar-refractivity contribution >= 4 is 11.9 Å². The van der Waals surface area contributed by atoms with Crippen LogP contribution in [-0.2, 0) is 14.3 Å². The van der Waals surface area contributed by atoms with Crippen LogP contribution in [0.4, 0.5) is 0 Å². The Morgan fingerprint density at radius 1 is 1.35 bits per heavy atom. The number of hydrogen-bond donors (Lipinski definition) is 1. The second-order valence-electron chi connectivity index (χ2n) is 4.40. The van der Waals surface area contributed by atoms with Crippen molar-refractivity contribution in [1.29, 1.82) is 0 Å². The molecule has 1 amide bonds. The molecule has 6 heteroatoms. The number of ether oxygens (including phenoxy) is 1. The number of rotatable bonds is 5. The summed E-state index contributed by atoms with van der Waals surface area (Å²) < 4.78 is 5.21. The summed E-state index contributed by atoms with van der Waals surface area (Å²) in [5, 5.41) is 9.07. The predicted molar refractivity (Wildman–Crippen MR) is 61.7 cm³/mol. The Morgan fingerprint density at radius 3 is 2.47 bits per heavy atom. The van der Waals surface area contributed by atoms with Gasteiger partial charge in [0.2, 0.25) is 5.91 Å². The first kappa shape index (κ1) is 13.9. The first-order chi connectivity index (χ1) is 7.97. The molecule has 1 N–H and O–H groups in total. The summed E-state index contributed by atoms with van der Waals surface area (Å²) in [7, 11) is 3.38. The SMILES string of the molecule is CCN(CC(=O)N(C)C)C1COCC1C(=O)O. The number of likely N-dealkylation sites (N-methyl/N-ethyl adjacent to an activating group) is 2. The lowest BCUT2D eigenvalue weighted by atomic mass is 10.0. The highest BCUT2D eigenvalue weighted by Gasteiger charge is 2.38. The van der Waals surface area contributed by atoms with Gasteiger partial charge >= 0.3 is 5.97 Å². The molecule has 1 fully saturated rings. The molecule has 0 aromatic carbocycles. The summed E-state index contributed by atoms with van der Waals surface area (Å²) in [4.78, 5) is 26.1. The Kier molecular flexibility index (Phi) is 4.89. The van der Waals surface area contributed by atoms with E-state index in [1.54, 1.807) is 14.1 Å². The fraction of sp³-hybridized carbons (Fsp3) is 0.818. The van der Waals surface area contributed by atoms with Crippen molar-refractivity contribution in [1.82, 2.24) is 9.80 Å². The Bertz CT molecular complexity index is 293. The standard InChI is InChI=1S/C11H20N2O4/c1-4-13(5-10(14)12(2)3)9-7-17-6-8(9)11(15)16/h8-9H,4-7H2,1-3H3,(H,15,16). The number of carbonyl (C=O) groups excluding carboxylic acids is 1. The van der Waals surface area contributed by atoms with Gasteiger partial charge < -0.3 is 14.7 Å². The quantitative estimate of drug-likeness (QED) is 0.706. The molecule has 1 heterocycles. The van der Waals surface area contributed by atoms with E-state index in [1.807, 2.05) is 11.8 Å². The number of hydrogen-bond acceptors (Lipinski definition) is 4. The molecule has 0 aromatic rings. The van der Waals surface area contributed by atoms with Crippen molar-refractivity contribution in [3.63, 3.8) is 0 Å². The number of nitrogens with zero attached hydrogens (tertiary/aromatic N) is 2. The monoisotopic (exact) mass is 244 g/mol. The van der Waals surface area contributed by atoms with Gasteiger partial charge in [-0.1, -0.05) is 6.92 Å². The van der Waals surface area contributed by atoms with Crippen molar-refractivity contribution in [2.45, 2.75) is 13.0 Å². The van der Waals surface area contributed by atoms with Gasteiger partial charge in [0, 0.05) is 20.1 Å². The van der Waals surface area contributed by atoms with E-state index in [9.17, 15) is 9.59 Å². The summed E-state index contributed by atoms with van der Waals surface area (Å²) in [6, 6.07) is -0.207. The molecule has 0 bridgehead atoms. The van der Waals surface area contributed by atoms with Gasteiger partial charge in [0.15, 0.2) is 0 Å². The highest BCUT2D eigenvalue weighted by molar-refractivity contribution is 5.78. The summed E-state index contributed by atoms with van der Waals surface area (Å²) >= 11 is 0. The summed E-state index contributed by atoms with van der Waals surface area (Å²) in [5.41, 5.74) is 0. The Labute approximate surface area is 101 Å². The lowest BCUT2D eigenvalue weighted by molar-refractivity contribution is -0.144. The Balaban J connectivity index is 2.66. The first-order valence-electron chi connectivity index (χ1n) is 5.72. The van der Waals surface area contributed by atoms with E-state index in [4.69, 9.17) is 9.84 Å². The zero-order chi connectivity index (χ0) is 13.0. The third-order valence-electron chi connectivity index (χ3n) is 3.08. The van der Waals surface area contributed by atoms with Gasteiger partial charge in [-0.15, -0.1) is 0 Å². The fourth-order valence-electron chi connectivity index (χ4n) is 1.92.